The lowest BCUT2D eigenvalue weighted by Crippen LogP contribution is -2.31. The Bertz CT molecular complexity index is 1240. The predicted octanol–water partition coefficient (Wildman–Crippen LogP) is 5.63. The van der Waals surface area contributed by atoms with Crippen LogP contribution in [0, 0.1) is 17.0 Å². The normalized spacial score (nSPS) is 13.8. The van der Waals surface area contributed by atoms with E-state index in [1.807, 2.05) is 37.3 Å². The van der Waals surface area contributed by atoms with Crippen LogP contribution in [0.25, 0.3) is 5.57 Å². The van der Waals surface area contributed by atoms with Crippen LogP contribution in [0.5, 0.6) is 0 Å². The fourth-order valence-electron chi connectivity index (χ4n) is 3.17. The third kappa shape index (κ3) is 3.97. The molecule has 0 bridgehead atoms. The van der Waals surface area contributed by atoms with E-state index in [1.165, 1.54) is 36.0 Å². The Hall–Kier alpha value is -3.42. The number of amides is 2. The quantitative estimate of drug-likeness (QED) is 0.286. The van der Waals surface area contributed by atoms with E-state index in [0.717, 1.165) is 15.4 Å². The largest absolute Gasteiger partial charge is 0.272 e. The van der Waals surface area contributed by atoms with E-state index in [9.17, 15) is 19.7 Å². The minimum absolute atomic E-state index is 0.0967. The highest BCUT2D eigenvalue weighted by atomic mass is 35.5. The number of carbonyl (C=O) groups is 2. The van der Waals surface area contributed by atoms with Gasteiger partial charge < -0.3 is 0 Å². The van der Waals surface area contributed by atoms with E-state index in [1.54, 1.807) is 18.2 Å². The highest BCUT2D eigenvalue weighted by molar-refractivity contribution is 8.04. The number of hydrogen-bond acceptors (Lipinski definition) is 5. The number of nitro groups is 1. The van der Waals surface area contributed by atoms with Crippen LogP contribution in [-0.2, 0) is 9.59 Å². The van der Waals surface area contributed by atoms with Gasteiger partial charge in [-0.05, 0) is 54.4 Å². The molecule has 0 atom stereocenters. The van der Waals surface area contributed by atoms with Crippen LogP contribution in [0.4, 0.5) is 11.4 Å². The van der Waals surface area contributed by atoms with Crippen molar-refractivity contribution in [3.63, 3.8) is 0 Å². The summed E-state index contributed by atoms with van der Waals surface area (Å²) in [6.45, 7) is 1.83. The first-order valence-corrected chi connectivity index (χ1v) is 10.4. The lowest BCUT2D eigenvalue weighted by molar-refractivity contribution is -0.384. The summed E-state index contributed by atoms with van der Waals surface area (Å²) in [6, 6.07) is 19.8. The number of imide groups is 1. The summed E-state index contributed by atoms with van der Waals surface area (Å²) >= 11 is 7.41. The molecular formula is C23H15ClN2O4S. The third-order valence-corrected chi connectivity index (χ3v) is 6.28. The number of nitro benzene ring substituents is 1. The summed E-state index contributed by atoms with van der Waals surface area (Å²) in [4.78, 5) is 39.4. The molecule has 6 nitrogen and oxygen atoms in total. The number of non-ortho nitro benzene ring substituents is 1. The van der Waals surface area contributed by atoms with Gasteiger partial charge in [0.2, 0.25) is 0 Å². The molecule has 1 aliphatic rings. The van der Waals surface area contributed by atoms with Gasteiger partial charge in [-0.25, -0.2) is 4.90 Å². The molecule has 0 N–H and O–H groups in total. The molecule has 3 aromatic carbocycles. The predicted molar refractivity (Wildman–Crippen MR) is 121 cm³/mol. The molecule has 0 aromatic heterocycles. The smallest absolute Gasteiger partial charge is 0.268 e. The molecule has 0 aliphatic carbocycles. The molecule has 0 saturated carbocycles. The monoisotopic (exact) mass is 450 g/mol. The van der Waals surface area contributed by atoms with Gasteiger partial charge in [-0.15, -0.1) is 0 Å². The minimum atomic E-state index is -0.514. The Kier molecular flexibility index (Phi) is 5.63. The van der Waals surface area contributed by atoms with Gasteiger partial charge in [0.25, 0.3) is 17.5 Å². The van der Waals surface area contributed by atoms with Gasteiger partial charge in [0.15, 0.2) is 0 Å². The van der Waals surface area contributed by atoms with Gasteiger partial charge >= 0.3 is 0 Å². The fourth-order valence-corrected chi connectivity index (χ4v) is 4.36. The fraction of sp³-hybridized carbons (Fsp3) is 0.0435. The third-order valence-electron chi connectivity index (χ3n) is 4.78. The Labute approximate surface area is 187 Å². The number of benzene rings is 3. The van der Waals surface area contributed by atoms with Crippen molar-refractivity contribution in [1.82, 2.24) is 0 Å². The van der Waals surface area contributed by atoms with Crippen LogP contribution in [0.1, 0.15) is 11.1 Å². The van der Waals surface area contributed by atoms with Crippen molar-refractivity contribution in [3.05, 3.63) is 104 Å². The summed E-state index contributed by atoms with van der Waals surface area (Å²) in [5.41, 5.74) is 1.73. The maximum atomic E-state index is 13.4. The first-order valence-electron chi connectivity index (χ1n) is 9.24. The zero-order valence-corrected chi connectivity index (χ0v) is 17.8. The number of halogens is 1. The number of aryl methyl sites for hydroxylation is 1. The Morgan fingerprint density at radius 2 is 1.61 bits per heavy atom. The lowest BCUT2D eigenvalue weighted by atomic mass is 10.1. The Balaban J connectivity index is 1.82. The zero-order chi connectivity index (χ0) is 22.1. The zero-order valence-electron chi connectivity index (χ0n) is 16.2. The van der Waals surface area contributed by atoms with Crippen LogP contribution >= 0.6 is 23.4 Å². The number of anilines is 1. The number of rotatable bonds is 5. The molecular weight excluding hydrogens is 436 g/mol. The SMILES string of the molecule is Cc1ccc(N2C(=O)C(Sc3ccccc3)=C(c3ccc([N+](=O)[O-])cc3)C2=O)cc1Cl. The molecule has 0 fully saturated rings. The van der Waals surface area contributed by atoms with Crippen molar-refractivity contribution in [2.45, 2.75) is 11.8 Å². The molecule has 0 spiro atoms. The molecule has 4 rings (SSSR count). The van der Waals surface area contributed by atoms with Crippen LogP contribution in [0.3, 0.4) is 0 Å². The van der Waals surface area contributed by atoms with E-state index in [0.29, 0.717) is 16.3 Å². The van der Waals surface area contributed by atoms with Crippen LogP contribution in [-0.4, -0.2) is 16.7 Å². The van der Waals surface area contributed by atoms with Gasteiger partial charge in [0, 0.05) is 22.1 Å². The van der Waals surface area contributed by atoms with Crippen molar-refractivity contribution in [2.75, 3.05) is 4.90 Å². The lowest BCUT2D eigenvalue weighted by Gasteiger charge is -2.16. The topological polar surface area (TPSA) is 80.5 Å². The molecule has 0 radical (unpaired) electrons. The van der Waals surface area contributed by atoms with Gasteiger partial charge in [-0.1, -0.05) is 47.6 Å². The molecule has 2 amide bonds. The molecule has 3 aromatic rings. The van der Waals surface area contributed by atoms with Gasteiger partial charge in [0.05, 0.1) is 21.1 Å². The van der Waals surface area contributed by atoms with Gasteiger partial charge in [-0.2, -0.15) is 0 Å². The second kappa shape index (κ2) is 8.37. The number of thioether (sulfide) groups is 1. The maximum Gasteiger partial charge on any atom is 0.272 e. The maximum absolute atomic E-state index is 13.4. The van der Waals surface area contributed by atoms with Crippen molar-refractivity contribution < 1.29 is 14.5 Å². The summed E-state index contributed by atoms with van der Waals surface area (Å²) in [5, 5.41) is 11.4. The summed E-state index contributed by atoms with van der Waals surface area (Å²) < 4.78 is 0. The van der Waals surface area contributed by atoms with E-state index in [4.69, 9.17) is 11.6 Å². The summed E-state index contributed by atoms with van der Waals surface area (Å²) in [6.07, 6.45) is 0. The molecule has 8 heteroatoms. The Morgan fingerprint density at radius 3 is 2.23 bits per heavy atom. The van der Waals surface area contributed by atoms with Gasteiger partial charge in [0.1, 0.15) is 0 Å². The molecule has 0 saturated heterocycles. The highest BCUT2D eigenvalue weighted by Gasteiger charge is 2.40. The molecule has 1 aliphatic heterocycles. The average Bonchev–Trinajstić information content (AvgIpc) is 3.00. The van der Waals surface area contributed by atoms with Crippen LogP contribution in [0.2, 0.25) is 5.02 Å². The summed E-state index contributed by atoms with van der Waals surface area (Å²) in [7, 11) is 0. The highest BCUT2D eigenvalue weighted by Crippen LogP contribution is 2.42. The van der Waals surface area contributed by atoms with Crippen LogP contribution < -0.4 is 4.90 Å². The minimum Gasteiger partial charge on any atom is -0.268 e. The standard InChI is InChI=1S/C23H15ClN2O4S/c1-14-7-10-17(13-19(14)24)25-22(27)20(15-8-11-16(12-9-15)26(29)30)21(23(25)28)31-18-5-3-2-4-6-18/h2-13H,1H3. The van der Waals surface area contributed by atoms with Crippen molar-refractivity contribution >= 4 is 52.1 Å². The van der Waals surface area contributed by atoms with E-state index in [2.05, 4.69) is 0 Å². The first kappa shape index (κ1) is 20.8. The van der Waals surface area contributed by atoms with E-state index >= 15 is 0 Å². The average molecular weight is 451 g/mol. The number of nitrogens with zero attached hydrogens (tertiary/aromatic N) is 2. The van der Waals surface area contributed by atoms with E-state index < -0.39 is 16.7 Å². The molecule has 0 unspecified atom stereocenters. The van der Waals surface area contributed by atoms with Gasteiger partial charge in [-0.3, -0.25) is 19.7 Å². The molecule has 1 heterocycles. The van der Waals surface area contributed by atoms with Crippen molar-refractivity contribution in [3.8, 4) is 0 Å². The second-order valence-corrected chi connectivity index (χ2v) is 8.29. The van der Waals surface area contributed by atoms with E-state index in [-0.39, 0.29) is 16.2 Å². The first-order chi connectivity index (χ1) is 14.9. The number of hydrogen-bond donors (Lipinski definition) is 0. The van der Waals surface area contributed by atoms with Crippen molar-refractivity contribution in [1.29, 1.82) is 0 Å². The summed E-state index contributed by atoms with van der Waals surface area (Å²) in [5.74, 6) is -0.968. The Morgan fingerprint density at radius 1 is 0.935 bits per heavy atom. The second-order valence-electron chi connectivity index (χ2n) is 6.80. The van der Waals surface area contributed by atoms with Crippen LogP contribution in [0.15, 0.2) is 82.6 Å². The molecule has 31 heavy (non-hydrogen) atoms. The number of carbonyl (C=O) groups excluding carboxylic acids is 2. The van der Waals surface area contributed by atoms with Crippen molar-refractivity contribution in [2.24, 2.45) is 0 Å². The molecule has 154 valence electrons.